The van der Waals surface area contributed by atoms with Crippen molar-refractivity contribution in [3.63, 3.8) is 0 Å². The summed E-state index contributed by atoms with van der Waals surface area (Å²) in [5.41, 5.74) is 8.24. The molecule has 0 bridgehead atoms. The van der Waals surface area contributed by atoms with Crippen LogP contribution >= 0.6 is 0 Å². The van der Waals surface area contributed by atoms with Gasteiger partial charge in [0.1, 0.15) is 0 Å². The van der Waals surface area contributed by atoms with Gasteiger partial charge in [0.25, 0.3) is 0 Å². The molecule has 20 heavy (non-hydrogen) atoms. The molecule has 104 valence electrons. The fraction of sp³-hybridized carbons (Fsp3) is 0.133. The van der Waals surface area contributed by atoms with Crippen molar-refractivity contribution in [3.8, 4) is 0 Å². The standard InChI is InChI=1S/C15H16N2O3/c1-19-16-13-7-3-11(4-8-13)15(18)12-5-9-14(10-6-12)17-20-2/h3-10,16-17H,1-2H3. The number of ketones is 1. The second kappa shape index (κ2) is 6.70. The third-order valence-electron chi connectivity index (χ3n) is 2.73. The predicted molar refractivity (Wildman–Crippen MR) is 77.6 cm³/mol. The Balaban J connectivity index is 2.13. The van der Waals surface area contributed by atoms with Crippen LogP contribution in [0.5, 0.6) is 0 Å². The molecule has 2 aromatic rings. The van der Waals surface area contributed by atoms with Gasteiger partial charge in [0.15, 0.2) is 5.78 Å². The summed E-state index contributed by atoms with van der Waals surface area (Å²) < 4.78 is 0. The number of hydrogen-bond acceptors (Lipinski definition) is 5. The van der Waals surface area contributed by atoms with Crippen molar-refractivity contribution in [2.75, 3.05) is 25.2 Å². The third-order valence-corrected chi connectivity index (χ3v) is 2.73. The highest BCUT2D eigenvalue weighted by atomic mass is 16.6. The maximum absolute atomic E-state index is 12.3. The van der Waals surface area contributed by atoms with Gasteiger partial charge in [0.2, 0.25) is 0 Å². The van der Waals surface area contributed by atoms with E-state index >= 15 is 0 Å². The summed E-state index contributed by atoms with van der Waals surface area (Å²) in [6, 6.07) is 14.2. The van der Waals surface area contributed by atoms with E-state index in [-0.39, 0.29) is 5.78 Å². The average molecular weight is 272 g/mol. The van der Waals surface area contributed by atoms with Crippen LogP contribution in [0.15, 0.2) is 48.5 Å². The molecule has 2 rings (SSSR count). The Morgan fingerprint density at radius 2 is 1.10 bits per heavy atom. The zero-order chi connectivity index (χ0) is 14.4. The van der Waals surface area contributed by atoms with E-state index in [4.69, 9.17) is 9.68 Å². The van der Waals surface area contributed by atoms with Crippen LogP contribution in [0, 0.1) is 0 Å². The lowest BCUT2D eigenvalue weighted by Crippen LogP contribution is -2.03. The first-order valence-corrected chi connectivity index (χ1v) is 6.07. The van der Waals surface area contributed by atoms with E-state index in [0.717, 1.165) is 11.4 Å². The van der Waals surface area contributed by atoms with Gasteiger partial charge in [-0.1, -0.05) is 0 Å². The molecule has 0 spiro atoms. The van der Waals surface area contributed by atoms with E-state index in [1.807, 2.05) is 0 Å². The monoisotopic (exact) mass is 272 g/mol. The second-order valence-corrected chi connectivity index (χ2v) is 4.10. The van der Waals surface area contributed by atoms with Crippen LogP contribution in [0.1, 0.15) is 15.9 Å². The molecule has 0 aliphatic heterocycles. The molecule has 5 nitrogen and oxygen atoms in total. The van der Waals surface area contributed by atoms with Crippen molar-refractivity contribution >= 4 is 17.2 Å². The molecule has 0 aliphatic rings. The highest BCUT2D eigenvalue weighted by Crippen LogP contribution is 2.16. The normalized spacial score (nSPS) is 10.1. The Morgan fingerprint density at radius 3 is 1.40 bits per heavy atom. The van der Waals surface area contributed by atoms with Crippen molar-refractivity contribution in [1.29, 1.82) is 0 Å². The number of benzene rings is 2. The quantitative estimate of drug-likeness (QED) is 0.625. The predicted octanol–water partition coefficient (Wildman–Crippen LogP) is 2.86. The van der Waals surface area contributed by atoms with E-state index in [9.17, 15) is 4.79 Å². The van der Waals surface area contributed by atoms with E-state index in [2.05, 4.69) is 11.0 Å². The number of rotatable bonds is 6. The van der Waals surface area contributed by atoms with Crippen LogP contribution in [0.25, 0.3) is 0 Å². The minimum absolute atomic E-state index is 0.0297. The highest BCUT2D eigenvalue weighted by molar-refractivity contribution is 6.09. The molecular weight excluding hydrogens is 256 g/mol. The summed E-state index contributed by atoms with van der Waals surface area (Å²) in [6.07, 6.45) is 0. The van der Waals surface area contributed by atoms with Crippen LogP contribution < -0.4 is 11.0 Å². The lowest BCUT2D eigenvalue weighted by Gasteiger charge is -2.06. The fourth-order valence-corrected chi connectivity index (χ4v) is 1.78. The van der Waals surface area contributed by atoms with E-state index in [1.165, 1.54) is 14.2 Å². The summed E-state index contributed by atoms with van der Waals surface area (Å²) in [5.74, 6) is -0.0297. The van der Waals surface area contributed by atoms with Gasteiger partial charge >= 0.3 is 0 Å². The van der Waals surface area contributed by atoms with E-state index < -0.39 is 0 Å². The Morgan fingerprint density at radius 1 is 0.750 bits per heavy atom. The maximum Gasteiger partial charge on any atom is 0.193 e. The third kappa shape index (κ3) is 3.34. The molecule has 0 atom stereocenters. The molecule has 0 amide bonds. The molecule has 0 saturated heterocycles. The minimum atomic E-state index is -0.0297. The minimum Gasteiger partial charge on any atom is -0.289 e. The van der Waals surface area contributed by atoms with Gasteiger partial charge in [-0.25, -0.2) is 0 Å². The Labute approximate surface area is 117 Å². The molecule has 0 radical (unpaired) electrons. The number of nitrogens with one attached hydrogen (secondary N) is 2. The van der Waals surface area contributed by atoms with Gasteiger partial charge in [-0.2, -0.15) is 0 Å². The summed E-state index contributed by atoms with van der Waals surface area (Å²) in [6.45, 7) is 0. The molecule has 5 heteroatoms. The molecule has 0 fully saturated rings. The molecule has 0 aliphatic carbocycles. The number of carbonyl (C=O) groups is 1. The van der Waals surface area contributed by atoms with Gasteiger partial charge < -0.3 is 0 Å². The molecule has 2 aromatic carbocycles. The first-order chi connectivity index (χ1) is 9.74. The van der Waals surface area contributed by atoms with Gasteiger partial charge in [0, 0.05) is 11.1 Å². The largest absolute Gasteiger partial charge is 0.289 e. The van der Waals surface area contributed by atoms with E-state index in [0.29, 0.717) is 11.1 Å². The Bertz CT molecular complexity index is 513. The lowest BCUT2D eigenvalue weighted by atomic mass is 10.0. The topological polar surface area (TPSA) is 59.6 Å². The van der Waals surface area contributed by atoms with Gasteiger partial charge in [0.05, 0.1) is 25.6 Å². The summed E-state index contributed by atoms with van der Waals surface area (Å²) >= 11 is 0. The van der Waals surface area contributed by atoms with Gasteiger partial charge in [-0.15, -0.1) is 0 Å². The number of hydrogen-bond donors (Lipinski definition) is 2. The van der Waals surface area contributed by atoms with Gasteiger partial charge in [-0.05, 0) is 48.5 Å². The molecule has 0 unspecified atom stereocenters. The summed E-state index contributed by atoms with van der Waals surface area (Å²) in [4.78, 5) is 21.9. The van der Waals surface area contributed by atoms with Crippen LogP contribution in [-0.2, 0) is 9.68 Å². The molecular formula is C15H16N2O3. The maximum atomic E-state index is 12.3. The molecule has 0 saturated carbocycles. The second-order valence-electron chi connectivity index (χ2n) is 4.10. The Hall–Kier alpha value is -2.37. The molecule has 0 heterocycles. The van der Waals surface area contributed by atoms with Gasteiger partial charge in [-0.3, -0.25) is 25.4 Å². The highest BCUT2D eigenvalue weighted by Gasteiger charge is 2.08. The van der Waals surface area contributed by atoms with Crippen LogP contribution in [0.4, 0.5) is 11.4 Å². The zero-order valence-corrected chi connectivity index (χ0v) is 11.3. The zero-order valence-electron chi connectivity index (χ0n) is 11.3. The van der Waals surface area contributed by atoms with Crippen molar-refractivity contribution < 1.29 is 14.5 Å². The first kappa shape index (κ1) is 14.0. The SMILES string of the molecule is CONc1ccc(C(=O)c2ccc(NOC)cc2)cc1. The van der Waals surface area contributed by atoms with Crippen LogP contribution in [0.3, 0.4) is 0 Å². The van der Waals surface area contributed by atoms with Crippen LogP contribution in [-0.4, -0.2) is 20.0 Å². The summed E-state index contributed by atoms with van der Waals surface area (Å²) in [7, 11) is 3.07. The van der Waals surface area contributed by atoms with Crippen LogP contribution in [0.2, 0.25) is 0 Å². The first-order valence-electron chi connectivity index (χ1n) is 6.07. The average Bonchev–Trinajstić information content (AvgIpc) is 2.49. The lowest BCUT2D eigenvalue weighted by molar-refractivity contribution is 0.103. The summed E-state index contributed by atoms with van der Waals surface area (Å²) in [5, 5.41) is 0. The number of anilines is 2. The van der Waals surface area contributed by atoms with Crippen molar-refractivity contribution in [2.24, 2.45) is 0 Å². The smallest absolute Gasteiger partial charge is 0.193 e. The van der Waals surface area contributed by atoms with Crippen molar-refractivity contribution in [2.45, 2.75) is 0 Å². The van der Waals surface area contributed by atoms with Crippen molar-refractivity contribution in [3.05, 3.63) is 59.7 Å². The van der Waals surface area contributed by atoms with Crippen molar-refractivity contribution in [1.82, 2.24) is 0 Å². The number of carbonyl (C=O) groups excluding carboxylic acids is 1. The molecule has 0 aromatic heterocycles. The van der Waals surface area contributed by atoms with E-state index in [1.54, 1.807) is 48.5 Å². The molecule has 2 N–H and O–H groups in total. The fourth-order valence-electron chi connectivity index (χ4n) is 1.78. The Kier molecular flexibility index (Phi) is 4.70.